The van der Waals surface area contributed by atoms with Crippen molar-refractivity contribution in [3.8, 4) is 11.5 Å². The molecule has 0 aliphatic rings. The number of aromatic hydroxyl groups is 1. The molecule has 1 N–H and O–H groups in total. The summed E-state index contributed by atoms with van der Waals surface area (Å²) in [5.74, 6) is 0.533. The lowest BCUT2D eigenvalue weighted by Gasteiger charge is -2.04. The van der Waals surface area contributed by atoms with Gasteiger partial charge in [-0.1, -0.05) is 17.7 Å². The molecule has 0 atom stereocenters. The van der Waals surface area contributed by atoms with E-state index in [2.05, 4.69) is 4.99 Å². The Morgan fingerprint density at radius 1 is 1.26 bits per heavy atom. The predicted molar refractivity (Wildman–Crippen MR) is 78.1 cm³/mol. The summed E-state index contributed by atoms with van der Waals surface area (Å²) in [6, 6.07) is 10.7. The van der Waals surface area contributed by atoms with Crippen molar-refractivity contribution in [2.75, 3.05) is 7.11 Å². The SMILES string of the molecule is COc1cc(C=Nc2cccc(Cl)c2C)ccc1O. The van der Waals surface area contributed by atoms with E-state index in [4.69, 9.17) is 16.3 Å². The van der Waals surface area contributed by atoms with E-state index < -0.39 is 0 Å². The zero-order chi connectivity index (χ0) is 13.8. The molecule has 0 unspecified atom stereocenters. The Morgan fingerprint density at radius 3 is 2.79 bits per heavy atom. The van der Waals surface area contributed by atoms with Gasteiger partial charge in [-0.3, -0.25) is 4.99 Å². The summed E-state index contributed by atoms with van der Waals surface area (Å²) in [5, 5.41) is 10.2. The fraction of sp³-hybridized carbons (Fsp3) is 0.133. The molecule has 19 heavy (non-hydrogen) atoms. The summed E-state index contributed by atoms with van der Waals surface area (Å²) in [6.07, 6.45) is 1.71. The Bertz CT molecular complexity index is 624. The molecular formula is C15H14ClNO2. The molecule has 2 rings (SSSR count). The number of ether oxygens (including phenoxy) is 1. The largest absolute Gasteiger partial charge is 0.504 e. The number of phenolic OH excluding ortho intramolecular Hbond substituents is 1. The lowest BCUT2D eigenvalue weighted by Crippen LogP contribution is -1.87. The molecule has 0 aromatic heterocycles. The van der Waals surface area contributed by atoms with Crippen molar-refractivity contribution in [1.29, 1.82) is 0 Å². The second kappa shape index (κ2) is 5.76. The van der Waals surface area contributed by atoms with Crippen LogP contribution in [0.2, 0.25) is 5.02 Å². The van der Waals surface area contributed by atoms with Crippen molar-refractivity contribution in [1.82, 2.24) is 0 Å². The van der Waals surface area contributed by atoms with E-state index in [1.54, 1.807) is 24.4 Å². The van der Waals surface area contributed by atoms with Gasteiger partial charge in [0.25, 0.3) is 0 Å². The third kappa shape index (κ3) is 3.06. The zero-order valence-corrected chi connectivity index (χ0v) is 11.5. The van der Waals surface area contributed by atoms with Crippen LogP contribution in [0.4, 0.5) is 5.69 Å². The van der Waals surface area contributed by atoms with Gasteiger partial charge in [0.15, 0.2) is 11.5 Å². The Morgan fingerprint density at radius 2 is 2.05 bits per heavy atom. The fourth-order valence-corrected chi connectivity index (χ4v) is 1.82. The number of benzene rings is 2. The van der Waals surface area contributed by atoms with Crippen LogP contribution >= 0.6 is 11.6 Å². The van der Waals surface area contributed by atoms with Crippen molar-refractivity contribution >= 4 is 23.5 Å². The predicted octanol–water partition coefficient (Wildman–Crippen LogP) is 4.11. The first-order valence-electron chi connectivity index (χ1n) is 5.78. The van der Waals surface area contributed by atoms with Gasteiger partial charge in [0, 0.05) is 11.2 Å². The molecule has 2 aromatic carbocycles. The van der Waals surface area contributed by atoms with Crippen LogP contribution in [0.1, 0.15) is 11.1 Å². The third-order valence-electron chi connectivity index (χ3n) is 2.80. The van der Waals surface area contributed by atoms with Crippen molar-refractivity contribution in [3.05, 3.63) is 52.5 Å². The van der Waals surface area contributed by atoms with E-state index in [1.165, 1.54) is 7.11 Å². The molecule has 0 bridgehead atoms. The minimum atomic E-state index is 0.110. The molecule has 98 valence electrons. The average Bonchev–Trinajstić information content (AvgIpc) is 2.42. The van der Waals surface area contributed by atoms with Crippen LogP contribution in [-0.2, 0) is 0 Å². The first-order chi connectivity index (χ1) is 9.11. The van der Waals surface area contributed by atoms with Gasteiger partial charge in [-0.2, -0.15) is 0 Å². The van der Waals surface area contributed by atoms with Crippen LogP contribution in [0.25, 0.3) is 0 Å². The highest BCUT2D eigenvalue weighted by molar-refractivity contribution is 6.31. The first-order valence-corrected chi connectivity index (χ1v) is 6.16. The van der Waals surface area contributed by atoms with Gasteiger partial charge in [0.05, 0.1) is 12.8 Å². The summed E-state index contributed by atoms with van der Waals surface area (Å²) in [4.78, 5) is 4.40. The second-order valence-corrected chi connectivity index (χ2v) is 4.48. The average molecular weight is 276 g/mol. The molecule has 0 saturated carbocycles. The van der Waals surface area contributed by atoms with Crippen molar-refractivity contribution in [3.63, 3.8) is 0 Å². The van der Waals surface area contributed by atoms with Crippen molar-refractivity contribution in [2.24, 2.45) is 4.99 Å². The molecule has 3 nitrogen and oxygen atoms in total. The highest BCUT2D eigenvalue weighted by Gasteiger charge is 2.02. The topological polar surface area (TPSA) is 41.8 Å². The van der Waals surface area contributed by atoms with Gasteiger partial charge >= 0.3 is 0 Å². The molecule has 0 spiro atoms. The number of hydrogen-bond donors (Lipinski definition) is 1. The summed E-state index contributed by atoms with van der Waals surface area (Å²) in [5.41, 5.74) is 2.60. The molecule has 0 aliphatic carbocycles. The van der Waals surface area contributed by atoms with E-state index in [1.807, 2.05) is 25.1 Å². The maximum absolute atomic E-state index is 9.51. The van der Waals surface area contributed by atoms with Crippen LogP contribution < -0.4 is 4.74 Å². The molecule has 0 radical (unpaired) electrons. The lowest BCUT2D eigenvalue weighted by molar-refractivity contribution is 0.373. The van der Waals surface area contributed by atoms with Crippen LogP contribution in [0.3, 0.4) is 0 Å². The van der Waals surface area contributed by atoms with Gasteiger partial charge in [-0.15, -0.1) is 0 Å². The molecule has 0 fully saturated rings. The van der Waals surface area contributed by atoms with E-state index in [0.29, 0.717) is 10.8 Å². The van der Waals surface area contributed by atoms with Crippen LogP contribution in [-0.4, -0.2) is 18.4 Å². The Hall–Kier alpha value is -2.00. The Balaban J connectivity index is 2.30. The van der Waals surface area contributed by atoms with Crippen LogP contribution in [0.5, 0.6) is 11.5 Å². The maximum atomic E-state index is 9.51. The van der Waals surface area contributed by atoms with E-state index in [9.17, 15) is 5.11 Å². The molecule has 0 saturated heterocycles. The van der Waals surface area contributed by atoms with E-state index in [-0.39, 0.29) is 5.75 Å². The van der Waals surface area contributed by atoms with E-state index in [0.717, 1.165) is 16.8 Å². The van der Waals surface area contributed by atoms with Crippen LogP contribution in [0.15, 0.2) is 41.4 Å². The number of hydrogen-bond acceptors (Lipinski definition) is 3. The minimum Gasteiger partial charge on any atom is -0.504 e. The smallest absolute Gasteiger partial charge is 0.161 e. The number of phenols is 1. The van der Waals surface area contributed by atoms with Crippen molar-refractivity contribution in [2.45, 2.75) is 6.92 Å². The molecule has 4 heteroatoms. The summed E-state index contributed by atoms with van der Waals surface area (Å²) >= 11 is 6.04. The molecule has 2 aromatic rings. The number of halogens is 1. The summed E-state index contributed by atoms with van der Waals surface area (Å²) in [7, 11) is 1.51. The third-order valence-corrected chi connectivity index (χ3v) is 3.21. The highest BCUT2D eigenvalue weighted by atomic mass is 35.5. The fourth-order valence-electron chi connectivity index (χ4n) is 1.65. The normalized spacial score (nSPS) is 10.9. The Labute approximate surface area is 117 Å². The summed E-state index contributed by atoms with van der Waals surface area (Å²) in [6.45, 7) is 1.92. The first kappa shape index (κ1) is 13.4. The molecule has 0 heterocycles. The maximum Gasteiger partial charge on any atom is 0.161 e. The number of methoxy groups -OCH3 is 1. The lowest BCUT2D eigenvalue weighted by atomic mass is 10.2. The van der Waals surface area contributed by atoms with Gasteiger partial charge in [0.2, 0.25) is 0 Å². The minimum absolute atomic E-state index is 0.110. The number of aliphatic imine (C=N–C) groups is 1. The van der Waals surface area contributed by atoms with Gasteiger partial charge < -0.3 is 9.84 Å². The van der Waals surface area contributed by atoms with E-state index >= 15 is 0 Å². The summed E-state index contributed by atoms with van der Waals surface area (Å²) < 4.78 is 5.05. The second-order valence-electron chi connectivity index (χ2n) is 4.07. The highest BCUT2D eigenvalue weighted by Crippen LogP contribution is 2.27. The zero-order valence-electron chi connectivity index (χ0n) is 10.7. The van der Waals surface area contributed by atoms with Crippen LogP contribution in [0, 0.1) is 6.92 Å². The molecule has 0 aliphatic heterocycles. The van der Waals surface area contributed by atoms with Gasteiger partial charge in [-0.25, -0.2) is 0 Å². The number of rotatable bonds is 3. The molecule has 0 amide bonds. The quantitative estimate of drug-likeness (QED) is 0.857. The molecular weight excluding hydrogens is 262 g/mol. The number of nitrogens with zero attached hydrogens (tertiary/aromatic N) is 1. The van der Waals surface area contributed by atoms with Crippen molar-refractivity contribution < 1.29 is 9.84 Å². The standard InChI is InChI=1S/C15H14ClNO2/c1-10-12(16)4-3-5-13(10)17-9-11-6-7-14(18)15(8-11)19-2/h3-9,18H,1-2H3. The van der Waals surface area contributed by atoms with Gasteiger partial charge in [-0.05, 0) is 48.4 Å². The Kier molecular flexibility index (Phi) is 4.07. The van der Waals surface area contributed by atoms with Gasteiger partial charge in [0.1, 0.15) is 0 Å². The monoisotopic (exact) mass is 275 g/mol.